The maximum atomic E-state index is 13.7. The highest BCUT2D eigenvalue weighted by Crippen LogP contribution is 2.37. The maximum absolute atomic E-state index is 13.7. The van der Waals surface area contributed by atoms with E-state index in [2.05, 4.69) is 15.6 Å². The minimum absolute atomic E-state index is 0.131. The molecule has 1 unspecified atom stereocenters. The number of aryl methyl sites for hydroxylation is 1. The fourth-order valence-corrected chi connectivity index (χ4v) is 4.28. The Kier molecular flexibility index (Phi) is 7.62. The van der Waals surface area contributed by atoms with Crippen molar-refractivity contribution in [1.29, 1.82) is 0 Å². The third kappa shape index (κ3) is 6.08. The molecular weight excluding hydrogens is 491 g/mol. The van der Waals surface area contributed by atoms with E-state index in [-0.39, 0.29) is 17.8 Å². The monoisotopic (exact) mass is 517 g/mol. The van der Waals surface area contributed by atoms with Crippen LogP contribution >= 0.6 is 0 Å². The summed E-state index contributed by atoms with van der Waals surface area (Å²) >= 11 is 0. The van der Waals surface area contributed by atoms with Gasteiger partial charge in [-0.2, -0.15) is 13.2 Å². The lowest BCUT2D eigenvalue weighted by molar-refractivity contribution is -0.137. The summed E-state index contributed by atoms with van der Waals surface area (Å²) in [6.07, 6.45) is -2.84. The molecule has 194 valence electrons. The van der Waals surface area contributed by atoms with Crippen molar-refractivity contribution in [2.24, 2.45) is 0 Å². The molecule has 0 aliphatic heterocycles. The summed E-state index contributed by atoms with van der Waals surface area (Å²) in [7, 11) is 0. The molecule has 4 rings (SSSR count). The second-order valence-electron chi connectivity index (χ2n) is 9.08. The van der Waals surface area contributed by atoms with Crippen molar-refractivity contribution in [2.75, 3.05) is 5.32 Å². The molecule has 2 amide bonds. The second-order valence-corrected chi connectivity index (χ2v) is 9.08. The SMILES string of the molecule is CC(=O)c1cccc(NC(=O)NC(Cc2ccccc2)(c2cccc(C(F)(F)F)c2)c2ccc(C)cn2)c1. The predicted molar refractivity (Wildman–Crippen MR) is 140 cm³/mol. The van der Waals surface area contributed by atoms with Crippen molar-refractivity contribution in [3.63, 3.8) is 0 Å². The molecule has 0 aliphatic carbocycles. The number of anilines is 1. The number of pyridine rings is 1. The summed E-state index contributed by atoms with van der Waals surface area (Å²) in [5.41, 5.74) is 0.720. The van der Waals surface area contributed by atoms with E-state index in [9.17, 15) is 22.8 Å². The lowest BCUT2D eigenvalue weighted by atomic mass is 9.80. The second kappa shape index (κ2) is 10.9. The molecule has 0 fully saturated rings. The van der Waals surface area contributed by atoms with Crippen LogP contribution in [0.4, 0.5) is 23.7 Å². The minimum Gasteiger partial charge on any atom is -0.322 e. The van der Waals surface area contributed by atoms with Gasteiger partial charge in [-0.05, 0) is 60.9 Å². The number of carbonyl (C=O) groups excluding carboxylic acids is 2. The van der Waals surface area contributed by atoms with Gasteiger partial charge in [-0.3, -0.25) is 9.78 Å². The Bertz CT molecular complexity index is 1440. The molecule has 1 atom stereocenters. The van der Waals surface area contributed by atoms with Crippen LogP contribution in [0.3, 0.4) is 0 Å². The van der Waals surface area contributed by atoms with Gasteiger partial charge < -0.3 is 10.6 Å². The number of Topliss-reactive ketones (excluding diaryl/α,β-unsaturated/α-hetero) is 1. The Morgan fingerprint density at radius 3 is 2.21 bits per heavy atom. The number of amides is 2. The Hall–Kier alpha value is -4.46. The number of halogens is 3. The van der Waals surface area contributed by atoms with Gasteiger partial charge in [-0.25, -0.2) is 4.79 Å². The zero-order valence-electron chi connectivity index (χ0n) is 20.8. The number of urea groups is 1. The van der Waals surface area contributed by atoms with E-state index in [0.29, 0.717) is 16.9 Å². The smallest absolute Gasteiger partial charge is 0.322 e. The Morgan fingerprint density at radius 2 is 1.55 bits per heavy atom. The van der Waals surface area contributed by atoms with Crippen molar-refractivity contribution in [3.05, 3.63) is 131 Å². The van der Waals surface area contributed by atoms with Crippen LogP contribution in [0.1, 0.15) is 45.2 Å². The van der Waals surface area contributed by atoms with Crippen LogP contribution in [0.2, 0.25) is 0 Å². The highest BCUT2D eigenvalue weighted by Gasteiger charge is 2.40. The molecule has 0 bridgehead atoms. The number of nitrogens with one attached hydrogen (secondary N) is 2. The summed E-state index contributed by atoms with van der Waals surface area (Å²) in [5.74, 6) is -0.166. The van der Waals surface area contributed by atoms with Gasteiger partial charge in [-0.1, -0.05) is 60.7 Å². The van der Waals surface area contributed by atoms with Crippen LogP contribution in [0.5, 0.6) is 0 Å². The summed E-state index contributed by atoms with van der Waals surface area (Å²) in [4.78, 5) is 29.8. The molecule has 1 heterocycles. The van der Waals surface area contributed by atoms with Crippen molar-refractivity contribution in [3.8, 4) is 0 Å². The van der Waals surface area contributed by atoms with E-state index in [1.807, 2.05) is 37.3 Å². The number of hydrogen-bond acceptors (Lipinski definition) is 3. The van der Waals surface area contributed by atoms with E-state index in [1.165, 1.54) is 19.1 Å². The van der Waals surface area contributed by atoms with E-state index in [0.717, 1.165) is 23.3 Å². The van der Waals surface area contributed by atoms with E-state index < -0.39 is 23.3 Å². The van der Waals surface area contributed by atoms with Crippen LogP contribution in [-0.4, -0.2) is 16.8 Å². The van der Waals surface area contributed by atoms with Crippen molar-refractivity contribution < 1.29 is 22.8 Å². The quantitative estimate of drug-likeness (QED) is 0.262. The van der Waals surface area contributed by atoms with Gasteiger partial charge in [0.25, 0.3) is 0 Å². The Balaban J connectivity index is 1.85. The summed E-state index contributed by atoms with van der Waals surface area (Å²) in [5, 5.41) is 5.66. The molecule has 1 aromatic heterocycles. The molecule has 38 heavy (non-hydrogen) atoms. The molecular formula is C30H26F3N3O2. The van der Waals surface area contributed by atoms with Crippen LogP contribution < -0.4 is 10.6 Å². The highest BCUT2D eigenvalue weighted by atomic mass is 19.4. The van der Waals surface area contributed by atoms with E-state index in [4.69, 9.17) is 0 Å². The first-order valence-electron chi connectivity index (χ1n) is 11.9. The average Bonchev–Trinajstić information content (AvgIpc) is 2.89. The molecule has 0 radical (unpaired) electrons. The largest absolute Gasteiger partial charge is 0.416 e. The van der Waals surface area contributed by atoms with Gasteiger partial charge in [0, 0.05) is 23.9 Å². The van der Waals surface area contributed by atoms with Crippen LogP contribution in [0, 0.1) is 6.92 Å². The molecule has 5 nitrogen and oxygen atoms in total. The predicted octanol–water partition coefficient (Wildman–Crippen LogP) is 6.92. The zero-order valence-corrected chi connectivity index (χ0v) is 20.8. The standard InChI is InChI=1S/C30H26F3N3O2/c1-20-14-15-27(34-19-20)29(18-22-8-4-3-5-9-22,24-11-7-12-25(17-24)30(31,32)33)36-28(38)35-26-13-6-10-23(16-26)21(2)37/h3-17,19H,18H2,1-2H3,(H2,35,36,38). The fourth-order valence-electron chi connectivity index (χ4n) is 4.28. The molecule has 4 aromatic rings. The molecule has 0 aliphatic rings. The van der Waals surface area contributed by atoms with Gasteiger partial charge in [0.1, 0.15) is 5.54 Å². The molecule has 3 aromatic carbocycles. The van der Waals surface area contributed by atoms with Gasteiger partial charge >= 0.3 is 12.2 Å². The van der Waals surface area contributed by atoms with E-state index in [1.54, 1.807) is 42.6 Å². The third-order valence-corrected chi connectivity index (χ3v) is 6.20. The van der Waals surface area contributed by atoms with E-state index >= 15 is 0 Å². The van der Waals surface area contributed by atoms with Crippen molar-refractivity contribution >= 4 is 17.5 Å². The Morgan fingerprint density at radius 1 is 0.842 bits per heavy atom. The van der Waals surface area contributed by atoms with Crippen molar-refractivity contribution in [2.45, 2.75) is 32.0 Å². The van der Waals surface area contributed by atoms with Crippen LogP contribution in [-0.2, 0) is 18.1 Å². The first kappa shape index (κ1) is 26.6. The van der Waals surface area contributed by atoms with Gasteiger partial charge in [0.15, 0.2) is 5.78 Å². The number of alkyl halides is 3. The van der Waals surface area contributed by atoms with Crippen LogP contribution in [0.25, 0.3) is 0 Å². The maximum Gasteiger partial charge on any atom is 0.416 e. The van der Waals surface area contributed by atoms with Crippen molar-refractivity contribution in [1.82, 2.24) is 10.3 Å². The molecule has 8 heteroatoms. The lowest BCUT2D eigenvalue weighted by Gasteiger charge is -2.36. The summed E-state index contributed by atoms with van der Waals surface area (Å²) in [6, 6.07) is 23.3. The average molecular weight is 518 g/mol. The number of rotatable bonds is 7. The molecule has 0 spiro atoms. The van der Waals surface area contributed by atoms with Gasteiger partial charge in [0.05, 0.1) is 11.3 Å². The highest BCUT2D eigenvalue weighted by molar-refractivity contribution is 5.97. The lowest BCUT2D eigenvalue weighted by Crippen LogP contribution is -2.50. The third-order valence-electron chi connectivity index (χ3n) is 6.20. The van der Waals surface area contributed by atoms with Crippen LogP contribution in [0.15, 0.2) is 97.2 Å². The molecule has 0 saturated heterocycles. The Labute approximate surface area is 218 Å². The number of ketones is 1. The topological polar surface area (TPSA) is 71.1 Å². The summed E-state index contributed by atoms with van der Waals surface area (Å²) < 4.78 is 41.2. The number of nitrogens with zero attached hydrogens (tertiary/aromatic N) is 1. The first-order valence-corrected chi connectivity index (χ1v) is 11.9. The first-order chi connectivity index (χ1) is 18.1. The fraction of sp³-hybridized carbons (Fsp3) is 0.167. The number of benzene rings is 3. The van der Waals surface area contributed by atoms with Gasteiger partial charge in [-0.15, -0.1) is 0 Å². The zero-order chi connectivity index (χ0) is 27.3. The normalized spacial score (nSPS) is 12.9. The minimum atomic E-state index is -4.58. The molecule has 2 N–H and O–H groups in total. The molecule has 0 saturated carbocycles. The summed E-state index contributed by atoms with van der Waals surface area (Å²) in [6.45, 7) is 3.27. The van der Waals surface area contributed by atoms with Gasteiger partial charge in [0.2, 0.25) is 0 Å². The number of aromatic nitrogens is 1. The number of hydrogen-bond donors (Lipinski definition) is 2. The number of carbonyl (C=O) groups is 2.